The molecule has 0 radical (unpaired) electrons. The molecule has 6 nitrogen and oxygen atoms in total. The maximum atomic E-state index is 13.2. The fraction of sp³-hybridized carbons (Fsp3) is 0.458. The number of piperidine rings is 1. The standard InChI is InChI=1S/C24H29FN2O4S/c1-24(2,3)27(23(28)29)14-11-19(12-15-27)26-13-10-17-16-21(8-9-22(17)26)32(30,31)20-6-4-18(25)5-7-20/h4-9,16,19H,10-15H2,1-3H3/p+1. The van der Waals surface area contributed by atoms with Crippen molar-refractivity contribution in [1.82, 2.24) is 0 Å². The molecule has 172 valence electrons. The Kier molecular flexibility index (Phi) is 5.57. The van der Waals surface area contributed by atoms with Crippen LogP contribution in [-0.2, 0) is 16.3 Å². The van der Waals surface area contributed by atoms with Gasteiger partial charge >= 0.3 is 6.09 Å². The van der Waals surface area contributed by atoms with E-state index in [9.17, 15) is 22.7 Å². The number of fused-ring (bicyclic) bond motifs is 1. The molecule has 2 aliphatic heterocycles. The minimum atomic E-state index is -3.71. The minimum Gasteiger partial charge on any atom is -0.435 e. The number of quaternary nitrogens is 1. The first-order valence-corrected chi connectivity index (χ1v) is 12.4. The molecule has 0 aliphatic carbocycles. The van der Waals surface area contributed by atoms with Crippen LogP contribution in [0.25, 0.3) is 0 Å². The maximum absolute atomic E-state index is 13.2. The van der Waals surface area contributed by atoms with E-state index in [1.54, 1.807) is 12.1 Å². The van der Waals surface area contributed by atoms with Gasteiger partial charge in [-0.05, 0) is 75.2 Å². The molecule has 0 atom stereocenters. The van der Waals surface area contributed by atoms with E-state index < -0.39 is 21.7 Å². The second kappa shape index (κ2) is 7.85. The third kappa shape index (κ3) is 3.69. The summed E-state index contributed by atoms with van der Waals surface area (Å²) in [4.78, 5) is 14.7. The number of nitrogens with zero attached hydrogens (tertiary/aromatic N) is 2. The summed E-state index contributed by atoms with van der Waals surface area (Å²) in [5.41, 5.74) is 1.64. The van der Waals surface area contributed by atoms with E-state index in [1.807, 2.05) is 26.8 Å². The van der Waals surface area contributed by atoms with E-state index in [1.165, 1.54) is 12.1 Å². The number of sulfone groups is 1. The molecule has 2 aromatic rings. The van der Waals surface area contributed by atoms with E-state index in [2.05, 4.69) is 4.90 Å². The highest BCUT2D eigenvalue weighted by molar-refractivity contribution is 7.91. The minimum absolute atomic E-state index is 0.0685. The number of anilines is 1. The smallest absolute Gasteiger partial charge is 0.435 e. The zero-order valence-corrected chi connectivity index (χ0v) is 19.5. The molecule has 8 heteroatoms. The lowest BCUT2D eigenvalue weighted by molar-refractivity contribution is -0.908. The number of halogens is 1. The average Bonchev–Trinajstić information content (AvgIpc) is 3.16. The molecule has 1 amide bonds. The van der Waals surface area contributed by atoms with Gasteiger partial charge in [-0.3, -0.25) is 0 Å². The Labute approximate surface area is 188 Å². The number of carbonyl (C=O) groups is 1. The predicted octanol–water partition coefficient (Wildman–Crippen LogP) is 4.48. The summed E-state index contributed by atoms with van der Waals surface area (Å²) in [6, 6.07) is 10.3. The second-order valence-electron chi connectivity index (χ2n) is 9.79. The van der Waals surface area contributed by atoms with E-state index in [-0.39, 0.29) is 25.9 Å². The van der Waals surface area contributed by atoms with Gasteiger partial charge in [0.05, 0.1) is 22.9 Å². The number of hydrogen-bond acceptors (Lipinski definition) is 4. The number of likely N-dealkylation sites (tertiary alicyclic amines) is 1. The Morgan fingerprint density at radius 3 is 2.22 bits per heavy atom. The third-order valence-electron chi connectivity index (χ3n) is 7.20. The fourth-order valence-corrected chi connectivity index (χ4v) is 6.47. The van der Waals surface area contributed by atoms with Gasteiger partial charge in [-0.15, -0.1) is 0 Å². The van der Waals surface area contributed by atoms with Crippen LogP contribution >= 0.6 is 0 Å². The molecule has 32 heavy (non-hydrogen) atoms. The Hall–Kier alpha value is -2.45. The first kappa shape index (κ1) is 22.7. The average molecular weight is 462 g/mol. The fourth-order valence-electron chi connectivity index (χ4n) is 5.16. The molecule has 0 spiro atoms. The molecule has 1 fully saturated rings. The van der Waals surface area contributed by atoms with Gasteiger partial charge in [-0.25, -0.2) is 17.3 Å². The maximum Gasteiger partial charge on any atom is 0.513 e. The SMILES string of the molecule is CC(C)(C)[N+]1(C(=O)O)CCC(N2CCc3cc(S(=O)(=O)c4ccc(F)cc4)ccc32)CC1. The molecule has 0 aromatic heterocycles. The highest BCUT2D eigenvalue weighted by atomic mass is 32.2. The van der Waals surface area contributed by atoms with Crippen LogP contribution in [0.15, 0.2) is 52.3 Å². The van der Waals surface area contributed by atoms with Gasteiger partial charge in [-0.2, -0.15) is 4.79 Å². The van der Waals surface area contributed by atoms with Crippen LogP contribution in [0.3, 0.4) is 0 Å². The molecular weight excluding hydrogens is 431 g/mol. The molecule has 0 saturated carbocycles. The highest BCUT2D eigenvalue weighted by Gasteiger charge is 2.50. The number of rotatable bonds is 3. The summed E-state index contributed by atoms with van der Waals surface area (Å²) in [5, 5.41) is 9.93. The topological polar surface area (TPSA) is 74.7 Å². The molecule has 0 unspecified atom stereocenters. The lowest BCUT2D eigenvalue weighted by Crippen LogP contribution is -2.67. The van der Waals surface area contributed by atoms with Crippen LogP contribution in [0.5, 0.6) is 0 Å². The van der Waals surface area contributed by atoms with Crippen molar-refractivity contribution in [3.8, 4) is 0 Å². The quantitative estimate of drug-likeness (QED) is 0.539. The number of hydrogen-bond donors (Lipinski definition) is 1. The van der Waals surface area contributed by atoms with Gasteiger partial charge in [0.2, 0.25) is 9.84 Å². The van der Waals surface area contributed by atoms with Gasteiger partial charge < -0.3 is 10.0 Å². The van der Waals surface area contributed by atoms with Crippen LogP contribution in [0.1, 0.15) is 39.2 Å². The van der Waals surface area contributed by atoms with E-state index in [0.717, 1.165) is 49.2 Å². The molecular formula is C24H30FN2O4S+. The molecule has 0 bridgehead atoms. The van der Waals surface area contributed by atoms with Crippen molar-refractivity contribution in [3.63, 3.8) is 0 Å². The van der Waals surface area contributed by atoms with Crippen molar-refractivity contribution in [1.29, 1.82) is 0 Å². The summed E-state index contributed by atoms with van der Waals surface area (Å²) in [7, 11) is -3.71. The van der Waals surface area contributed by atoms with E-state index in [0.29, 0.717) is 13.1 Å². The molecule has 1 N–H and O–H groups in total. The van der Waals surface area contributed by atoms with Crippen molar-refractivity contribution in [2.45, 2.75) is 61.4 Å². The van der Waals surface area contributed by atoms with Gasteiger partial charge in [0.15, 0.2) is 0 Å². The first-order chi connectivity index (χ1) is 15.0. The second-order valence-corrected chi connectivity index (χ2v) is 11.7. The molecule has 2 heterocycles. The van der Waals surface area contributed by atoms with Gasteiger partial charge in [0, 0.05) is 31.1 Å². The van der Waals surface area contributed by atoms with E-state index in [4.69, 9.17) is 0 Å². The molecule has 1 saturated heterocycles. The van der Waals surface area contributed by atoms with Crippen LogP contribution in [-0.4, -0.2) is 55.3 Å². The zero-order valence-electron chi connectivity index (χ0n) is 18.7. The Bertz CT molecular complexity index is 1130. The number of benzene rings is 2. The van der Waals surface area contributed by atoms with Crippen molar-refractivity contribution in [2.75, 3.05) is 24.5 Å². The monoisotopic (exact) mass is 461 g/mol. The van der Waals surface area contributed by atoms with Crippen molar-refractivity contribution in [3.05, 3.63) is 53.8 Å². The molecule has 2 aliphatic rings. The lowest BCUT2D eigenvalue weighted by atomic mass is 9.93. The van der Waals surface area contributed by atoms with Crippen LogP contribution in [0, 0.1) is 5.82 Å². The molecule has 4 rings (SSSR count). The highest BCUT2D eigenvalue weighted by Crippen LogP contribution is 2.38. The van der Waals surface area contributed by atoms with Crippen molar-refractivity contribution in [2.24, 2.45) is 0 Å². The van der Waals surface area contributed by atoms with Crippen LogP contribution in [0.2, 0.25) is 0 Å². The zero-order chi connectivity index (χ0) is 23.3. The normalized spacial score (nSPS) is 23.8. The predicted molar refractivity (Wildman–Crippen MR) is 120 cm³/mol. The van der Waals surface area contributed by atoms with Gasteiger partial charge in [0.1, 0.15) is 11.4 Å². The van der Waals surface area contributed by atoms with Crippen molar-refractivity contribution < 1.29 is 27.2 Å². The molecule has 2 aromatic carbocycles. The summed E-state index contributed by atoms with van der Waals surface area (Å²) in [5.74, 6) is -0.474. The number of amides is 1. The lowest BCUT2D eigenvalue weighted by Gasteiger charge is -2.48. The summed E-state index contributed by atoms with van der Waals surface area (Å²) in [6.07, 6.45) is 1.53. The van der Waals surface area contributed by atoms with Crippen LogP contribution in [0.4, 0.5) is 14.9 Å². The Morgan fingerprint density at radius 2 is 1.66 bits per heavy atom. The Morgan fingerprint density at radius 1 is 1.06 bits per heavy atom. The van der Waals surface area contributed by atoms with Gasteiger partial charge in [-0.1, -0.05) is 0 Å². The summed E-state index contributed by atoms with van der Waals surface area (Å²) < 4.78 is 39.2. The van der Waals surface area contributed by atoms with Gasteiger partial charge in [0.25, 0.3) is 0 Å². The van der Waals surface area contributed by atoms with Crippen molar-refractivity contribution >= 4 is 21.6 Å². The largest absolute Gasteiger partial charge is 0.513 e. The first-order valence-electron chi connectivity index (χ1n) is 11.0. The Balaban J connectivity index is 1.55. The summed E-state index contributed by atoms with van der Waals surface area (Å²) >= 11 is 0. The van der Waals surface area contributed by atoms with E-state index >= 15 is 0 Å². The summed E-state index contributed by atoms with van der Waals surface area (Å²) in [6.45, 7) is 7.89. The third-order valence-corrected chi connectivity index (χ3v) is 8.96. The van der Waals surface area contributed by atoms with Crippen LogP contribution < -0.4 is 4.90 Å². The number of carboxylic acid groups (broad SMARTS) is 1.